The fraction of sp³-hybridized carbons (Fsp3) is 0.500. The quantitative estimate of drug-likeness (QED) is 0.692. The van der Waals surface area contributed by atoms with E-state index in [4.69, 9.17) is 0 Å². The predicted octanol–water partition coefficient (Wildman–Crippen LogP) is 2.04. The Morgan fingerprint density at radius 1 is 1.67 bits per heavy atom. The SMILES string of the molecule is CCCSC1=NC(O)=C(C)[CH]N1. The van der Waals surface area contributed by atoms with Crippen LogP contribution >= 0.6 is 11.8 Å². The fourth-order valence-electron chi connectivity index (χ4n) is 0.724. The Morgan fingerprint density at radius 2 is 2.42 bits per heavy atom. The number of amidine groups is 1. The Labute approximate surface area is 77.0 Å². The van der Waals surface area contributed by atoms with Crippen molar-refractivity contribution >= 4 is 16.9 Å². The van der Waals surface area contributed by atoms with Crippen molar-refractivity contribution in [1.82, 2.24) is 5.32 Å². The summed E-state index contributed by atoms with van der Waals surface area (Å²) in [5.74, 6) is 1.14. The van der Waals surface area contributed by atoms with E-state index in [1.54, 1.807) is 18.3 Å². The molecule has 0 unspecified atom stereocenters. The first kappa shape index (κ1) is 9.45. The first-order chi connectivity index (χ1) is 5.74. The van der Waals surface area contributed by atoms with Crippen molar-refractivity contribution in [3.05, 3.63) is 18.0 Å². The van der Waals surface area contributed by atoms with Crippen LogP contribution in [0.2, 0.25) is 0 Å². The maximum absolute atomic E-state index is 9.25. The third-order valence-electron chi connectivity index (χ3n) is 1.42. The molecule has 0 aromatic carbocycles. The molecule has 0 aromatic heterocycles. The van der Waals surface area contributed by atoms with Crippen LogP contribution in [0, 0.1) is 6.54 Å². The molecular weight excluding hydrogens is 172 g/mol. The number of hydrogen-bond donors (Lipinski definition) is 2. The van der Waals surface area contributed by atoms with Gasteiger partial charge in [-0.05, 0) is 13.3 Å². The number of aliphatic hydroxyl groups excluding tert-OH is 1. The van der Waals surface area contributed by atoms with E-state index in [2.05, 4.69) is 17.2 Å². The monoisotopic (exact) mass is 185 g/mol. The summed E-state index contributed by atoms with van der Waals surface area (Å²) in [6.07, 6.45) is 1.11. The van der Waals surface area contributed by atoms with Crippen LogP contribution in [0.25, 0.3) is 0 Å². The molecule has 1 heterocycles. The van der Waals surface area contributed by atoms with Gasteiger partial charge in [-0.1, -0.05) is 18.7 Å². The van der Waals surface area contributed by atoms with Crippen LogP contribution < -0.4 is 5.32 Å². The van der Waals surface area contributed by atoms with Crippen LogP contribution in [0.5, 0.6) is 0 Å². The van der Waals surface area contributed by atoms with Crippen molar-refractivity contribution in [2.24, 2.45) is 4.99 Å². The highest BCUT2D eigenvalue weighted by atomic mass is 32.2. The second-order valence-electron chi connectivity index (χ2n) is 2.56. The molecular formula is C8H13N2OS. The van der Waals surface area contributed by atoms with Crippen molar-refractivity contribution < 1.29 is 5.11 Å². The Morgan fingerprint density at radius 3 is 3.00 bits per heavy atom. The van der Waals surface area contributed by atoms with Gasteiger partial charge in [-0.2, -0.15) is 4.99 Å². The summed E-state index contributed by atoms with van der Waals surface area (Å²) < 4.78 is 0. The van der Waals surface area contributed by atoms with Crippen LogP contribution in [-0.2, 0) is 0 Å². The zero-order valence-electron chi connectivity index (χ0n) is 7.29. The lowest BCUT2D eigenvalue weighted by molar-refractivity contribution is 0.398. The van der Waals surface area contributed by atoms with Crippen molar-refractivity contribution in [2.75, 3.05) is 5.75 Å². The second-order valence-corrected chi connectivity index (χ2v) is 3.64. The second kappa shape index (κ2) is 4.40. The molecule has 4 heteroatoms. The van der Waals surface area contributed by atoms with Gasteiger partial charge in [0.05, 0.1) is 6.54 Å². The molecule has 0 fully saturated rings. The summed E-state index contributed by atoms with van der Waals surface area (Å²) >= 11 is 1.62. The molecule has 2 N–H and O–H groups in total. The van der Waals surface area contributed by atoms with Gasteiger partial charge in [0.25, 0.3) is 0 Å². The molecule has 1 aliphatic heterocycles. The summed E-state index contributed by atoms with van der Waals surface area (Å²) in [4.78, 5) is 3.97. The average molecular weight is 185 g/mol. The predicted molar refractivity (Wildman–Crippen MR) is 52.9 cm³/mol. The molecule has 3 nitrogen and oxygen atoms in total. The molecule has 0 aromatic rings. The Hall–Kier alpha value is -0.640. The number of aliphatic imine (C=N–C) groups is 1. The molecule has 1 aliphatic rings. The van der Waals surface area contributed by atoms with E-state index >= 15 is 0 Å². The summed E-state index contributed by atoms with van der Waals surface area (Å²) in [5, 5.41) is 13.0. The van der Waals surface area contributed by atoms with Crippen molar-refractivity contribution in [3.63, 3.8) is 0 Å². The summed E-state index contributed by atoms with van der Waals surface area (Å²) in [6, 6.07) is 0. The lowest BCUT2D eigenvalue weighted by Gasteiger charge is -2.13. The Balaban J connectivity index is 2.51. The van der Waals surface area contributed by atoms with Gasteiger partial charge in [0.15, 0.2) is 5.17 Å². The Bertz CT molecular complexity index is 223. The van der Waals surface area contributed by atoms with E-state index in [1.807, 2.05) is 6.92 Å². The normalized spacial score (nSPS) is 17.3. The van der Waals surface area contributed by atoms with Gasteiger partial charge in [0, 0.05) is 11.3 Å². The minimum Gasteiger partial charge on any atom is -0.493 e. The van der Waals surface area contributed by atoms with Crippen LogP contribution in [-0.4, -0.2) is 16.0 Å². The molecule has 0 aliphatic carbocycles. The Kier molecular flexibility index (Phi) is 3.47. The highest BCUT2D eigenvalue weighted by Gasteiger charge is 2.09. The zero-order chi connectivity index (χ0) is 8.97. The third-order valence-corrected chi connectivity index (χ3v) is 2.51. The third kappa shape index (κ3) is 2.44. The molecule has 0 saturated carbocycles. The largest absolute Gasteiger partial charge is 0.493 e. The average Bonchev–Trinajstić information content (AvgIpc) is 2.07. The van der Waals surface area contributed by atoms with Gasteiger partial charge < -0.3 is 10.4 Å². The standard InChI is InChI=1S/C8H13N2OS/c1-3-4-12-8-9-5-6(2)7(11)10-8/h5,11H,3-4H2,1-2H3,(H,9,10). The van der Waals surface area contributed by atoms with E-state index in [-0.39, 0.29) is 5.88 Å². The van der Waals surface area contributed by atoms with E-state index in [1.165, 1.54) is 0 Å². The molecule has 1 radical (unpaired) electrons. The minimum atomic E-state index is 0.118. The minimum absolute atomic E-state index is 0.118. The van der Waals surface area contributed by atoms with Crippen LogP contribution in [0.3, 0.4) is 0 Å². The molecule has 0 bridgehead atoms. The number of thioether (sulfide) groups is 1. The highest BCUT2D eigenvalue weighted by Crippen LogP contribution is 2.14. The fourth-order valence-corrected chi connectivity index (χ4v) is 1.41. The smallest absolute Gasteiger partial charge is 0.214 e. The van der Waals surface area contributed by atoms with Gasteiger partial charge in [-0.3, -0.25) is 0 Å². The van der Waals surface area contributed by atoms with Gasteiger partial charge in [-0.25, -0.2) is 0 Å². The lowest BCUT2D eigenvalue weighted by atomic mass is 10.3. The molecule has 67 valence electrons. The van der Waals surface area contributed by atoms with Crippen LogP contribution in [0.1, 0.15) is 20.3 Å². The number of nitrogens with one attached hydrogen (secondary N) is 1. The maximum atomic E-state index is 9.25. The van der Waals surface area contributed by atoms with E-state index in [9.17, 15) is 5.11 Å². The van der Waals surface area contributed by atoms with Crippen molar-refractivity contribution in [2.45, 2.75) is 20.3 Å². The first-order valence-electron chi connectivity index (χ1n) is 3.95. The number of nitrogens with zero attached hydrogens (tertiary/aromatic N) is 1. The summed E-state index contributed by atoms with van der Waals surface area (Å²) in [6.45, 7) is 5.69. The van der Waals surface area contributed by atoms with E-state index in [0.29, 0.717) is 0 Å². The van der Waals surface area contributed by atoms with Gasteiger partial charge in [-0.15, -0.1) is 0 Å². The number of hydrogen-bond acceptors (Lipinski definition) is 4. The number of aliphatic hydroxyl groups is 1. The van der Waals surface area contributed by atoms with Gasteiger partial charge >= 0.3 is 0 Å². The summed E-state index contributed by atoms with van der Waals surface area (Å²) in [7, 11) is 0. The first-order valence-corrected chi connectivity index (χ1v) is 4.93. The topological polar surface area (TPSA) is 44.6 Å². The van der Waals surface area contributed by atoms with Crippen LogP contribution in [0.4, 0.5) is 0 Å². The van der Waals surface area contributed by atoms with E-state index in [0.717, 1.165) is 22.9 Å². The molecule has 0 saturated heterocycles. The van der Waals surface area contributed by atoms with Crippen molar-refractivity contribution in [1.29, 1.82) is 0 Å². The highest BCUT2D eigenvalue weighted by molar-refractivity contribution is 8.13. The molecule has 0 spiro atoms. The molecule has 1 rings (SSSR count). The molecule has 0 atom stereocenters. The molecule has 0 amide bonds. The van der Waals surface area contributed by atoms with Crippen LogP contribution in [0.15, 0.2) is 16.4 Å². The molecule has 12 heavy (non-hydrogen) atoms. The van der Waals surface area contributed by atoms with E-state index < -0.39 is 0 Å². The van der Waals surface area contributed by atoms with Crippen molar-refractivity contribution in [3.8, 4) is 0 Å². The summed E-state index contributed by atoms with van der Waals surface area (Å²) in [5.41, 5.74) is 0.774. The lowest BCUT2D eigenvalue weighted by Crippen LogP contribution is -2.22. The van der Waals surface area contributed by atoms with Gasteiger partial charge in [0.2, 0.25) is 5.88 Å². The maximum Gasteiger partial charge on any atom is 0.214 e. The van der Waals surface area contributed by atoms with Gasteiger partial charge in [0.1, 0.15) is 0 Å². The zero-order valence-corrected chi connectivity index (χ0v) is 8.11. The number of rotatable bonds is 2.